The van der Waals surface area contributed by atoms with E-state index < -0.39 is 0 Å². The van der Waals surface area contributed by atoms with E-state index >= 15 is 0 Å². The fourth-order valence-electron chi connectivity index (χ4n) is 1.40. The van der Waals surface area contributed by atoms with Crippen LogP contribution in [-0.2, 0) is 0 Å². The number of ketones is 1. The van der Waals surface area contributed by atoms with Gasteiger partial charge in [-0.15, -0.1) is 0 Å². The summed E-state index contributed by atoms with van der Waals surface area (Å²) in [5, 5.41) is 0. The highest BCUT2D eigenvalue weighted by molar-refractivity contribution is 5.94. The predicted octanol–water partition coefficient (Wildman–Crippen LogP) is 2.97. The quantitative estimate of drug-likeness (QED) is 0.558. The van der Waals surface area contributed by atoms with E-state index in [4.69, 9.17) is 9.47 Å². The number of allylic oxidation sites excluding steroid dienone is 2. The molecule has 0 unspecified atom stereocenters. The minimum absolute atomic E-state index is 0.179. The molecule has 1 aromatic heterocycles. The molecule has 0 bridgehead atoms. The van der Waals surface area contributed by atoms with Crippen LogP contribution in [0.2, 0.25) is 0 Å². The fraction of sp³-hybridized carbons (Fsp3) is 0.200. The van der Waals surface area contributed by atoms with Crippen LogP contribution < -0.4 is 9.47 Å². The number of nitrogens with zero attached hydrogens (tertiary/aromatic N) is 1. The van der Waals surface area contributed by atoms with Gasteiger partial charge in [0.05, 0.1) is 7.11 Å². The molecule has 1 rings (SSSR count). The molecule has 0 aliphatic heterocycles. The number of methoxy groups -OCH3 is 1. The Bertz CT molecular complexity index is 518. The maximum absolute atomic E-state index is 11.5. The molecule has 0 aromatic carbocycles. The molecule has 0 spiro atoms. The summed E-state index contributed by atoms with van der Waals surface area (Å²) in [6.07, 6.45) is 5.11. The summed E-state index contributed by atoms with van der Waals surface area (Å²) in [5.41, 5.74) is 1.11. The third-order valence-corrected chi connectivity index (χ3v) is 2.36. The average molecular weight is 259 g/mol. The van der Waals surface area contributed by atoms with Crippen LogP contribution in [0.15, 0.2) is 49.1 Å². The number of hydrogen-bond acceptors (Lipinski definition) is 4. The minimum atomic E-state index is -0.179. The topological polar surface area (TPSA) is 48.4 Å². The van der Waals surface area contributed by atoms with E-state index in [1.54, 1.807) is 30.4 Å². The van der Waals surface area contributed by atoms with E-state index in [1.807, 2.05) is 0 Å². The Hall–Kier alpha value is -2.36. The second kappa shape index (κ2) is 7.16. The van der Waals surface area contributed by atoms with Gasteiger partial charge in [0.1, 0.15) is 12.4 Å². The Morgan fingerprint density at radius 3 is 2.68 bits per heavy atom. The molecule has 4 heteroatoms. The van der Waals surface area contributed by atoms with Crippen molar-refractivity contribution in [3.63, 3.8) is 0 Å². The van der Waals surface area contributed by atoms with E-state index in [0.717, 1.165) is 5.57 Å². The molecule has 0 saturated carbocycles. The van der Waals surface area contributed by atoms with Crippen LogP contribution in [0.5, 0.6) is 11.6 Å². The normalized spacial score (nSPS) is 10.7. The van der Waals surface area contributed by atoms with Gasteiger partial charge >= 0.3 is 0 Å². The van der Waals surface area contributed by atoms with Crippen LogP contribution in [0.1, 0.15) is 17.4 Å². The summed E-state index contributed by atoms with van der Waals surface area (Å²) < 4.78 is 10.6. The smallest absolute Gasteiger partial charge is 0.213 e. The van der Waals surface area contributed by atoms with Crippen molar-refractivity contribution in [1.82, 2.24) is 4.98 Å². The highest BCUT2D eigenvalue weighted by atomic mass is 16.5. The number of Topliss-reactive ketones (excluding diaryl/α,β-unsaturated/α-hetero) is 1. The SMILES string of the molecule is C=C/C=C(\C=C)COc1ccc(OC)nc1C(C)=O. The molecule has 0 N–H and O–H groups in total. The summed E-state index contributed by atoms with van der Waals surface area (Å²) >= 11 is 0. The van der Waals surface area contributed by atoms with Crippen molar-refractivity contribution in [2.45, 2.75) is 6.92 Å². The van der Waals surface area contributed by atoms with Crippen LogP contribution in [0.25, 0.3) is 0 Å². The maximum atomic E-state index is 11.5. The lowest BCUT2D eigenvalue weighted by atomic mass is 10.2. The average Bonchev–Trinajstić information content (AvgIpc) is 2.43. The summed E-state index contributed by atoms with van der Waals surface area (Å²) in [6.45, 7) is 9.02. The van der Waals surface area contributed by atoms with Crippen LogP contribution in [-0.4, -0.2) is 24.5 Å². The van der Waals surface area contributed by atoms with E-state index in [0.29, 0.717) is 18.2 Å². The number of aromatic nitrogens is 1. The Balaban J connectivity index is 2.94. The van der Waals surface area contributed by atoms with Crippen molar-refractivity contribution in [3.05, 3.63) is 54.8 Å². The molecule has 0 amide bonds. The van der Waals surface area contributed by atoms with Gasteiger partial charge in [0.15, 0.2) is 11.5 Å². The minimum Gasteiger partial charge on any atom is -0.486 e. The molecule has 4 nitrogen and oxygen atoms in total. The molecule has 1 aromatic rings. The van der Waals surface area contributed by atoms with Crippen molar-refractivity contribution < 1.29 is 14.3 Å². The molecule has 100 valence electrons. The van der Waals surface area contributed by atoms with E-state index in [2.05, 4.69) is 18.1 Å². The lowest BCUT2D eigenvalue weighted by Gasteiger charge is -2.10. The zero-order valence-electron chi connectivity index (χ0n) is 11.2. The van der Waals surface area contributed by atoms with Gasteiger partial charge in [-0.25, -0.2) is 4.98 Å². The molecule has 19 heavy (non-hydrogen) atoms. The van der Waals surface area contributed by atoms with Crippen LogP contribution in [0.4, 0.5) is 0 Å². The molecule has 1 heterocycles. The van der Waals surface area contributed by atoms with E-state index in [1.165, 1.54) is 14.0 Å². The number of ether oxygens (including phenoxy) is 2. The molecular weight excluding hydrogens is 242 g/mol. The highest BCUT2D eigenvalue weighted by Crippen LogP contribution is 2.21. The van der Waals surface area contributed by atoms with Crippen molar-refractivity contribution in [2.24, 2.45) is 0 Å². The van der Waals surface area contributed by atoms with Gasteiger partial charge in [-0.1, -0.05) is 31.4 Å². The van der Waals surface area contributed by atoms with Crippen molar-refractivity contribution in [2.75, 3.05) is 13.7 Å². The van der Waals surface area contributed by atoms with Gasteiger partial charge in [-0.2, -0.15) is 0 Å². The number of carbonyl (C=O) groups excluding carboxylic acids is 1. The van der Waals surface area contributed by atoms with Gasteiger partial charge < -0.3 is 9.47 Å². The molecule has 0 aliphatic rings. The van der Waals surface area contributed by atoms with Gasteiger partial charge in [0.25, 0.3) is 0 Å². The predicted molar refractivity (Wildman–Crippen MR) is 74.8 cm³/mol. The Labute approximate surface area is 113 Å². The van der Waals surface area contributed by atoms with E-state index in [-0.39, 0.29) is 11.5 Å². The first-order valence-corrected chi connectivity index (χ1v) is 5.75. The molecular formula is C15H17NO3. The summed E-state index contributed by atoms with van der Waals surface area (Å²) in [7, 11) is 1.50. The third-order valence-electron chi connectivity index (χ3n) is 2.36. The molecule has 0 radical (unpaired) electrons. The van der Waals surface area contributed by atoms with Crippen LogP contribution >= 0.6 is 0 Å². The van der Waals surface area contributed by atoms with Crippen molar-refractivity contribution in [3.8, 4) is 11.6 Å². The second-order valence-corrected chi connectivity index (χ2v) is 3.73. The molecule has 0 atom stereocenters. The largest absolute Gasteiger partial charge is 0.486 e. The number of carbonyl (C=O) groups is 1. The number of hydrogen-bond donors (Lipinski definition) is 0. The zero-order chi connectivity index (χ0) is 14.3. The monoisotopic (exact) mass is 259 g/mol. The first-order valence-electron chi connectivity index (χ1n) is 5.75. The second-order valence-electron chi connectivity index (χ2n) is 3.73. The third kappa shape index (κ3) is 4.10. The maximum Gasteiger partial charge on any atom is 0.213 e. The lowest BCUT2D eigenvalue weighted by molar-refractivity contribution is 0.100. The molecule has 0 saturated heterocycles. The Morgan fingerprint density at radius 2 is 2.16 bits per heavy atom. The molecule has 0 fully saturated rings. The van der Waals surface area contributed by atoms with Gasteiger partial charge in [0.2, 0.25) is 5.88 Å². The van der Waals surface area contributed by atoms with Crippen LogP contribution in [0.3, 0.4) is 0 Å². The van der Waals surface area contributed by atoms with Crippen LogP contribution in [0, 0.1) is 0 Å². The first kappa shape index (κ1) is 14.7. The standard InChI is InChI=1S/C15H17NO3/c1-5-7-12(6-2)10-19-13-8-9-14(18-4)16-15(13)11(3)17/h5-9H,1-2,10H2,3-4H3/b12-7+. The van der Waals surface area contributed by atoms with Gasteiger partial charge in [0, 0.05) is 13.0 Å². The summed E-state index contributed by atoms with van der Waals surface area (Å²) in [5.74, 6) is 0.620. The van der Waals surface area contributed by atoms with Crippen molar-refractivity contribution in [1.29, 1.82) is 0 Å². The first-order chi connectivity index (χ1) is 9.12. The Kier molecular flexibility index (Phi) is 5.54. The van der Waals surface area contributed by atoms with Crippen molar-refractivity contribution >= 4 is 5.78 Å². The van der Waals surface area contributed by atoms with Gasteiger partial charge in [-0.05, 0) is 11.6 Å². The fourth-order valence-corrected chi connectivity index (χ4v) is 1.40. The Morgan fingerprint density at radius 1 is 1.42 bits per heavy atom. The lowest BCUT2D eigenvalue weighted by Crippen LogP contribution is -2.07. The van der Waals surface area contributed by atoms with E-state index in [9.17, 15) is 4.79 Å². The number of pyridine rings is 1. The number of rotatable bonds is 7. The summed E-state index contributed by atoms with van der Waals surface area (Å²) in [6, 6.07) is 3.31. The zero-order valence-corrected chi connectivity index (χ0v) is 11.2. The molecule has 0 aliphatic carbocycles. The summed E-state index contributed by atoms with van der Waals surface area (Å²) in [4.78, 5) is 15.6. The van der Waals surface area contributed by atoms with Gasteiger partial charge in [-0.3, -0.25) is 4.79 Å². The highest BCUT2D eigenvalue weighted by Gasteiger charge is 2.12.